The van der Waals surface area contributed by atoms with Gasteiger partial charge in [0.2, 0.25) is 0 Å². The van der Waals surface area contributed by atoms with Crippen molar-refractivity contribution in [2.75, 3.05) is 0 Å². The molecular formula is C16H13ClN4O2. The summed E-state index contributed by atoms with van der Waals surface area (Å²) in [6.45, 7) is 0.464. The fourth-order valence-electron chi connectivity index (χ4n) is 1.95. The Morgan fingerprint density at radius 1 is 1.35 bits per heavy atom. The fourth-order valence-corrected chi connectivity index (χ4v) is 2.14. The number of carbonyl (C=O) groups is 1. The highest BCUT2D eigenvalue weighted by Gasteiger charge is 2.10. The summed E-state index contributed by atoms with van der Waals surface area (Å²) in [5, 5.41) is 8.57. The molecular weight excluding hydrogens is 316 g/mol. The number of benzene rings is 1. The molecule has 0 bridgehead atoms. The number of hydrazone groups is 1. The van der Waals surface area contributed by atoms with Crippen LogP contribution in [0.1, 0.15) is 21.9 Å². The Kier molecular flexibility index (Phi) is 4.54. The van der Waals surface area contributed by atoms with Crippen LogP contribution in [0.2, 0.25) is 5.02 Å². The highest BCUT2D eigenvalue weighted by Crippen LogP contribution is 2.10. The van der Waals surface area contributed by atoms with E-state index in [2.05, 4.69) is 15.6 Å². The first-order valence-electron chi connectivity index (χ1n) is 6.86. The predicted octanol–water partition coefficient (Wildman–Crippen LogP) is 2.94. The van der Waals surface area contributed by atoms with E-state index >= 15 is 0 Å². The zero-order chi connectivity index (χ0) is 16.1. The third-order valence-corrected chi connectivity index (χ3v) is 3.23. The largest absolute Gasteiger partial charge is 0.454 e. The Bertz CT molecular complexity index is 824. The number of hydrogen-bond acceptors (Lipinski definition) is 4. The van der Waals surface area contributed by atoms with Gasteiger partial charge >= 0.3 is 5.91 Å². The summed E-state index contributed by atoms with van der Waals surface area (Å²) >= 11 is 5.87. The Balaban J connectivity index is 1.59. The van der Waals surface area contributed by atoms with Crippen LogP contribution in [-0.2, 0) is 6.54 Å². The van der Waals surface area contributed by atoms with Crippen molar-refractivity contribution in [2.24, 2.45) is 5.10 Å². The van der Waals surface area contributed by atoms with Crippen molar-refractivity contribution in [1.29, 1.82) is 0 Å². The molecule has 0 radical (unpaired) electrons. The van der Waals surface area contributed by atoms with Gasteiger partial charge in [-0.15, -0.1) is 0 Å². The molecule has 7 heteroatoms. The monoisotopic (exact) mass is 328 g/mol. The first kappa shape index (κ1) is 15.1. The van der Waals surface area contributed by atoms with Crippen molar-refractivity contribution in [3.05, 3.63) is 77.0 Å². The van der Waals surface area contributed by atoms with E-state index in [0.717, 1.165) is 5.56 Å². The van der Waals surface area contributed by atoms with Gasteiger partial charge in [0, 0.05) is 17.4 Å². The quantitative estimate of drug-likeness (QED) is 0.578. The molecule has 6 nitrogen and oxygen atoms in total. The molecule has 0 aliphatic rings. The van der Waals surface area contributed by atoms with Crippen LogP contribution in [-0.4, -0.2) is 21.9 Å². The number of hydrogen-bond donors (Lipinski definition) is 1. The van der Waals surface area contributed by atoms with Crippen LogP contribution in [0.25, 0.3) is 0 Å². The van der Waals surface area contributed by atoms with Crippen LogP contribution in [0.3, 0.4) is 0 Å². The van der Waals surface area contributed by atoms with Crippen molar-refractivity contribution in [3.8, 4) is 0 Å². The molecule has 0 aliphatic heterocycles. The summed E-state index contributed by atoms with van der Waals surface area (Å²) in [4.78, 5) is 12.0. The number of nitrogens with one attached hydrogen (secondary N) is 1. The van der Waals surface area contributed by atoms with Gasteiger partial charge in [-0.3, -0.25) is 9.48 Å². The van der Waals surface area contributed by atoms with Gasteiger partial charge in [0.25, 0.3) is 0 Å². The van der Waals surface area contributed by atoms with Gasteiger partial charge in [-0.05, 0) is 35.9 Å². The minimum atomic E-state index is -0.421. The second-order valence-corrected chi connectivity index (χ2v) is 5.16. The van der Waals surface area contributed by atoms with Crippen LogP contribution < -0.4 is 5.43 Å². The number of furan rings is 1. The third-order valence-electron chi connectivity index (χ3n) is 2.99. The van der Waals surface area contributed by atoms with Gasteiger partial charge in [-0.1, -0.05) is 23.7 Å². The molecule has 1 aromatic carbocycles. The molecule has 0 unspecified atom stereocenters. The van der Waals surface area contributed by atoms with Crippen LogP contribution in [0.15, 0.2) is 64.4 Å². The maximum Gasteiger partial charge on any atom is 0.307 e. The Morgan fingerprint density at radius 2 is 2.26 bits per heavy atom. The highest BCUT2D eigenvalue weighted by molar-refractivity contribution is 6.30. The first-order chi connectivity index (χ1) is 11.2. The molecule has 0 fully saturated rings. The molecule has 2 heterocycles. The van der Waals surface area contributed by atoms with Gasteiger partial charge in [-0.25, -0.2) is 5.43 Å². The molecule has 23 heavy (non-hydrogen) atoms. The van der Waals surface area contributed by atoms with Crippen LogP contribution in [0.4, 0.5) is 0 Å². The van der Waals surface area contributed by atoms with E-state index in [1.54, 1.807) is 41.2 Å². The van der Waals surface area contributed by atoms with Gasteiger partial charge < -0.3 is 4.42 Å². The maximum atomic E-state index is 12.0. The minimum absolute atomic E-state index is 0.190. The summed E-state index contributed by atoms with van der Waals surface area (Å²) in [6.07, 6.45) is 5.01. The lowest BCUT2D eigenvalue weighted by Crippen LogP contribution is -2.16. The number of nitrogens with zero attached hydrogens (tertiary/aromatic N) is 3. The molecule has 0 aliphatic carbocycles. The first-order valence-corrected chi connectivity index (χ1v) is 7.23. The summed E-state index contributed by atoms with van der Waals surface area (Å²) in [6, 6.07) is 12.3. The zero-order valence-electron chi connectivity index (χ0n) is 12.0. The fraction of sp³-hybridized carbons (Fsp3) is 0.0625. The summed E-state index contributed by atoms with van der Waals surface area (Å²) < 4.78 is 7.18. The predicted molar refractivity (Wildman–Crippen MR) is 86.5 cm³/mol. The number of halogens is 1. The summed E-state index contributed by atoms with van der Waals surface area (Å²) in [5.41, 5.74) is 3.20. The second-order valence-electron chi connectivity index (χ2n) is 4.72. The lowest BCUT2D eigenvalue weighted by Gasteiger charge is -1.98. The molecule has 0 saturated carbocycles. The van der Waals surface area contributed by atoms with Crippen LogP contribution in [0.5, 0.6) is 0 Å². The number of aromatic nitrogens is 2. The molecule has 116 valence electrons. The van der Waals surface area contributed by atoms with E-state index in [9.17, 15) is 4.79 Å². The van der Waals surface area contributed by atoms with Crippen molar-refractivity contribution in [3.63, 3.8) is 0 Å². The third kappa shape index (κ3) is 4.08. The second kappa shape index (κ2) is 6.93. The number of amides is 1. The van der Waals surface area contributed by atoms with E-state index in [1.807, 2.05) is 18.3 Å². The van der Waals surface area contributed by atoms with E-state index in [-0.39, 0.29) is 5.76 Å². The smallest absolute Gasteiger partial charge is 0.307 e. The van der Waals surface area contributed by atoms with E-state index in [1.165, 1.54) is 6.21 Å². The van der Waals surface area contributed by atoms with Crippen molar-refractivity contribution in [1.82, 2.24) is 15.2 Å². The lowest BCUT2D eigenvalue weighted by molar-refractivity contribution is 0.0925. The van der Waals surface area contributed by atoms with Gasteiger partial charge in [0.05, 0.1) is 12.8 Å². The SMILES string of the molecule is O=C(N/N=C/c1cccc(Cl)c1)c1ccc(Cn2cccn2)o1. The van der Waals surface area contributed by atoms with Crippen molar-refractivity contribution < 1.29 is 9.21 Å². The molecule has 3 aromatic rings. The molecule has 0 atom stereocenters. The lowest BCUT2D eigenvalue weighted by atomic mass is 10.2. The van der Waals surface area contributed by atoms with Crippen LogP contribution >= 0.6 is 11.6 Å². The van der Waals surface area contributed by atoms with E-state index < -0.39 is 5.91 Å². The van der Waals surface area contributed by atoms with Crippen LogP contribution in [0, 0.1) is 0 Å². The minimum Gasteiger partial charge on any atom is -0.454 e. The Labute approximate surface area is 137 Å². The Hall–Kier alpha value is -2.86. The zero-order valence-corrected chi connectivity index (χ0v) is 12.8. The molecule has 3 rings (SSSR count). The molecule has 1 N–H and O–H groups in total. The van der Waals surface area contributed by atoms with Gasteiger partial charge in [0.1, 0.15) is 5.76 Å². The summed E-state index contributed by atoms with van der Waals surface area (Å²) in [7, 11) is 0. The average molecular weight is 329 g/mol. The molecule has 0 spiro atoms. The average Bonchev–Trinajstić information content (AvgIpc) is 3.19. The summed E-state index contributed by atoms with van der Waals surface area (Å²) in [5.74, 6) is 0.406. The number of rotatable bonds is 5. The molecule has 1 amide bonds. The highest BCUT2D eigenvalue weighted by atomic mass is 35.5. The van der Waals surface area contributed by atoms with Gasteiger partial charge in [-0.2, -0.15) is 10.2 Å². The van der Waals surface area contributed by atoms with E-state index in [0.29, 0.717) is 17.3 Å². The standard InChI is InChI=1S/C16H13ClN4O2/c17-13-4-1-3-12(9-13)10-18-20-16(22)15-6-5-14(23-15)11-21-8-2-7-19-21/h1-10H,11H2,(H,20,22)/b18-10+. The van der Waals surface area contributed by atoms with Crippen molar-refractivity contribution >= 4 is 23.7 Å². The topological polar surface area (TPSA) is 72.4 Å². The molecule has 0 saturated heterocycles. The molecule has 2 aromatic heterocycles. The maximum absolute atomic E-state index is 12.0. The normalized spacial score (nSPS) is 11.0. The number of carbonyl (C=O) groups excluding carboxylic acids is 1. The van der Waals surface area contributed by atoms with Gasteiger partial charge in [0.15, 0.2) is 5.76 Å². The van der Waals surface area contributed by atoms with Crippen molar-refractivity contribution in [2.45, 2.75) is 6.54 Å². The van der Waals surface area contributed by atoms with E-state index in [4.69, 9.17) is 16.0 Å². The Morgan fingerprint density at radius 3 is 3.04 bits per heavy atom.